The maximum absolute atomic E-state index is 12.5. The third-order valence-corrected chi connectivity index (χ3v) is 4.04. The van der Waals surface area contributed by atoms with Crippen LogP contribution in [-0.4, -0.2) is 33.9 Å². The number of carbonyl (C=O) groups is 1. The number of nitrogens with zero attached hydrogens (tertiary/aromatic N) is 4. The Bertz CT molecular complexity index is 686. The summed E-state index contributed by atoms with van der Waals surface area (Å²) < 4.78 is 0. The van der Waals surface area contributed by atoms with Crippen molar-refractivity contribution in [2.45, 2.75) is 26.7 Å². The fourth-order valence-electron chi connectivity index (χ4n) is 2.79. The van der Waals surface area contributed by atoms with Crippen LogP contribution in [0, 0.1) is 19.8 Å². The van der Waals surface area contributed by atoms with Crippen molar-refractivity contribution in [3.8, 4) is 0 Å². The van der Waals surface area contributed by atoms with Crippen molar-refractivity contribution in [3.63, 3.8) is 0 Å². The van der Waals surface area contributed by atoms with Crippen LogP contribution >= 0.6 is 0 Å². The largest absolute Gasteiger partial charge is 0.356 e. The normalized spacial score (nSPS) is 17.8. The van der Waals surface area contributed by atoms with Gasteiger partial charge in [-0.25, -0.2) is 15.0 Å². The van der Waals surface area contributed by atoms with Crippen LogP contribution in [0.4, 0.5) is 11.6 Å². The first-order valence-corrected chi connectivity index (χ1v) is 7.90. The molecule has 1 unspecified atom stereocenters. The van der Waals surface area contributed by atoms with E-state index < -0.39 is 0 Å². The van der Waals surface area contributed by atoms with E-state index in [2.05, 4.69) is 25.2 Å². The Hall–Kier alpha value is -2.50. The highest BCUT2D eigenvalue weighted by Gasteiger charge is 2.26. The zero-order chi connectivity index (χ0) is 16.2. The molecule has 1 saturated heterocycles. The van der Waals surface area contributed by atoms with Gasteiger partial charge in [0.15, 0.2) is 0 Å². The summed E-state index contributed by atoms with van der Waals surface area (Å²) in [5.41, 5.74) is 1.07. The van der Waals surface area contributed by atoms with Crippen molar-refractivity contribution in [1.82, 2.24) is 15.0 Å². The lowest BCUT2D eigenvalue weighted by molar-refractivity contribution is -0.120. The van der Waals surface area contributed by atoms with Crippen LogP contribution in [0.15, 0.2) is 30.6 Å². The number of rotatable bonds is 3. The Labute approximate surface area is 136 Å². The second kappa shape index (κ2) is 6.73. The van der Waals surface area contributed by atoms with E-state index in [9.17, 15) is 4.79 Å². The van der Waals surface area contributed by atoms with E-state index in [0.29, 0.717) is 12.4 Å². The molecule has 6 heteroatoms. The molecule has 0 aliphatic carbocycles. The minimum atomic E-state index is -0.0536. The Morgan fingerprint density at radius 1 is 1.26 bits per heavy atom. The zero-order valence-corrected chi connectivity index (χ0v) is 13.5. The van der Waals surface area contributed by atoms with E-state index in [0.717, 1.165) is 36.6 Å². The van der Waals surface area contributed by atoms with Gasteiger partial charge in [0.05, 0.1) is 5.92 Å². The molecule has 0 aromatic carbocycles. The molecule has 0 spiro atoms. The summed E-state index contributed by atoms with van der Waals surface area (Å²) in [4.78, 5) is 27.5. The van der Waals surface area contributed by atoms with Crippen molar-refractivity contribution in [2.75, 3.05) is 23.3 Å². The van der Waals surface area contributed by atoms with Crippen molar-refractivity contribution in [2.24, 2.45) is 5.92 Å². The minimum Gasteiger partial charge on any atom is -0.356 e. The average Bonchev–Trinajstić information content (AvgIpc) is 2.57. The third-order valence-electron chi connectivity index (χ3n) is 4.04. The van der Waals surface area contributed by atoms with Gasteiger partial charge in [-0.2, -0.15) is 0 Å². The van der Waals surface area contributed by atoms with Crippen LogP contribution < -0.4 is 10.2 Å². The molecule has 6 nitrogen and oxygen atoms in total. The van der Waals surface area contributed by atoms with Gasteiger partial charge in [0.1, 0.15) is 17.5 Å². The van der Waals surface area contributed by atoms with Crippen molar-refractivity contribution in [3.05, 3.63) is 42.0 Å². The predicted octanol–water partition coefficient (Wildman–Crippen LogP) is 2.34. The lowest BCUT2D eigenvalue weighted by Gasteiger charge is -2.32. The molecule has 3 heterocycles. The summed E-state index contributed by atoms with van der Waals surface area (Å²) in [5.74, 6) is 2.22. The molecule has 0 saturated carbocycles. The number of aromatic nitrogens is 3. The SMILES string of the molecule is Cc1ccc(NC(=O)C2CCCN(c3ccnc(C)n3)C2)nc1. The number of anilines is 2. The molecule has 1 fully saturated rings. The van der Waals surface area contributed by atoms with Crippen LogP contribution in [0.25, 0.3) is 0 Å². The van der Waals surface area contributed by atoms with Gasteiger partial charge in [0.2, 0.25) is 5.91 Å². The molecule has 1 atom stereocenters. The molecule has 2 aromatic rings. The second-order valence-corrected chi connectivity index (χ2v) is 5.96. The molecule has 3 rings (SSSR count). The highest BCUT2D eigenvalue weighted by atomic mass is 16.2. The van der Waals surface area contributed by atoms with Gasteiger partial charge in [0, 0.05) is 25.5 Å². The van der Waals surface area contributed by atoms with E-state index in [4.69, 9.17) is 0 Å². The summed E-state index contributed by atoms with van der Waals surface area (Å²) in [6, 6.07) is 5.68. The van der Waals surface area contributed by atoms with E-state index in [1.807, 2.05) is 32.0 Å². The van der Waals surface area contributed by atoms with Crippen LogP contribution in [0.3, 0.4) is 0 Å². The molecule has 23 heavy (non-hydrogen) atoms. The number of piperidine rings is 1. The molecule has 1 amide bonds. The van der Waals surface area contributed by atoms with Crippen LogP contribution in [0.5, 0.6) is 0 Å². The molecule has 120 valence electrons. The van der Waals surface area contributed by atoms with Gasteiger partial charge in [-0.05, 0) is 44.4 Å². The van der Waals surface area contributed by atoms with E-state index in [1.54, 1.807) is 12.4 Å². The number of aryl methyl sites for hydroxylation is 2. The number of pyridine rings is 1. The monoisotopic (exact) mass is 311 g/mol. The lowest BCUT2D eigenvalue weighted by atomic mass is 9.97. The number of hydrogen-bond donors (Lipinski definition) is 1. The van der Waals surface area contributed by atoms with Crippen LogP contribution in [0.1, 0.15) is 24.2 Å². The number of amides is 1. The van der Waals surface area contributed by atoms with E-state index >= 15 is 0 Å². The molecular weight excluding hydrogens is 290 g/mol. The highest BCUT2D eigenvalue weighted by molar-refractivity contribution is 5.92. The Morgan fingerprint density at radius 3 is 2.87 bits per heavy atom. The first-order chi connectivity index (χ1) is 11.1. The molecule has 0 radical (unpaired) electrons. The standard InChI is InChI=1S/C17H21N5O/c1-12-5-6-15(19-10-12)21-17(23)14-4-3-9-22(11-14)16-7-8-18-13(2)20-16/h5-8,10,14H,3-4,9,11H2,1-2H3,(H,19,21,23). The summed E-state index contributed by atoms with van der Waals surface area (Å²) >= 11 is 0. The van der Waals surface area contributed by atoms with Crippen LogP contribution in [-0.2, 0) is 4.79 Å². The van der Waals surface area contributed by atoms with Crippen LogP contribution in [0.2, 0.25) is 0 Å². The van der Waals surface area contributed by atoms with Crippen molar-refractivity contribution in [1.29, 1.82) is 0 Å². The maximum Gasteiger partial charge on any atom is 0.230 e. The average molecular weight is 311 g/mol. The molecule has 0 bridgehead atoms. The summed E-state index contributed by atoms with van der Waals surface area (Å²) in [7, 11) is 0. The van der Waals surface area contributed by atoms with Crippen molar-refractivity contribution >= 4 is 17.5 Å². The Kier molecular flexibility index (Phi) is 4.50. The molecule has 1 aliphatic heterocycles. The van der Waals surface area contributed by atoms with Gasteiger partial charge in [-0.15, -0.1) is 0 Å². The first kappa shape index (κ1) is 15.4. The van der Waals surface area contributed by atoms with E-state index in [1.165, 1.54) is 0 Å². The predicted molar refractivity (Wildman–Crippen MR) is 89.3 cm³/mol. The number of carbonyl (C=O) groups excluding carboxylic acids is 1. The Balaban J connectivity index is 1.65. The summed E-state index contributed by atoms with van der Waals surface area (Å²) in [6.07, 6.45) is 5.38. The van der Waals surface area contributed by atoms with Gasteiger partial charge in [-0.3, -0.25) is 4.79 Å². The third kappa shape index (κ3) is 3.83. The highest BCUT2D eigenvalue weighted by Crippen LogP contribution is 2.22. The topological polar surface area (TPSA) is 71.0 Å². The first-order valence-electron chi connectivity index (χ1n) is 7.90. The van der Waals surface area contributed by atoms with Gasteiger partial charge >= 0.3 is 0 Å². The number of nitrogens with one attached hydrogen (secondary N) is 1. The summed E-state index contributed by atoms with van der Waals surface area (Å²) in [5, 5.41) is 2.91. The fraction of sp³-hybridized carbons (Fsp3) is 0.412. The maximum atomic E-state index is 12.5. The van der Waals surface area contributed by atoms with Gasteiger partial charge in [0.25, 0.3) is 0 Å². The quantitative estimate of drug-likeness (QED) is 0.942. The molecule has 1 aliphatic rings. The molecule has 2 aromatic heterocycles. The summed E-state index contributed by atoms with van der Waals surface area (Å²) in [6.45, 7) is 5.44. The van der Waals surface area contributed by atoms with Crippen molar-refractivity contribution < 1.29 is 4.79 Å². The number of hydrogen-bond acceptors (Lipinski definition) is 5. The van der Waals surface area contributed by atoms with Gasteiger partial charge < -0.3 is 10.2 Å². The van der Waals surface area contributed by atoms with E-state index in [-0.39, 0.29) is 11.8 Å². The molecular formula is C17H21N5O. The Morgan fingerprint density at radius 2 is 2.13 bits per heavy atom. The smallest absolute Gasteiger partial charge is 0.230 e. The second-order valence-electron chi connectivity index (χ2n) is 5.96. The minimum absolute atomic E-state index is 0.0248. The zero-order valence-electron chi connectivity index (χ0n) is 13.5. The lowest BCUT2D eigenvalue weighted by Crippen LogP contribution is -2.41. The van der Waals surface area contributed by atoms with Gasteiger partial charge in [-0.1, -0.05) is 6.07 Å². The fourth-order valence-corrected chi connectivity index (χ4v) is 2.79. The molecule has 1 N–H and O–H groups in total.